The van der Waals surface area contributed by atoms with Gasteiger partial charge in [-0.15, -0.1) is 0 Å². The van der Waals surface area contributed by atoms with Gasteiger partial charge in [0, 0.05) is 5.69 Å². The zero-order valence-electron chi connectivity index (χ0n) is 9.54. The maximum absolute atomic E-state index is 8.36. The number of hydrogen-bond donors (Lipinski definition) is 2. The third-order valence-corrected chi connectivity index (χ3v) is 2.24. The number of nitrogen functional groups attached to an aromatic ring is 1. The zero-order valence-corrected chi connectivity index (χ0v) is 9.54. The van der Waals surface area contributed by atoms with Crippen LogP contribution in [0.5, 0.6) is 0 Å². The molecule has 0 aliphatic heterocycles. The van der Waals surface area contributed by atoms with E-state index >= 15 is 0 Å². The average molecular weight is 237 g/mol. The Bertz CT molecular complexity index is 651. The number of H-pyrrole nitrogens is 1. The number of nitrogens with zero attached hydrogens (tertiary/aromatic N) is 3. The molecule has 5 heteroatoms. The highest BCUT2D eigenvalue weighted by Gasteiger charge is 1.90. The van der Waals surface area contributed by atoms with E-state index in [-0.39, 0.29) is 0 Å². The van der Waals surface area contributed by atoms with Crippen LogP contribution in [-0.2, 0) is 0 Å². The van der Waals surface area contributed by atoms with Crippen molar-refractivity contribution in [2.45, 2.75) is 0 Å². The standard InChI is InChI=1S/C7H6N2.C6H5N3/c8-5-6-2-1-3-7(9)4-6;1-2-4-6-5(3-1)7-9-8-6/h1-4H,9H2;1-4H,(H,7,8,9). The number of aromatic nitrogens is 3. The lowest BCUT2D eigenvalue weighted by Crippen LogP contribution is -1.83. The molecule has 0 fully saturated rings. The van der Waals surface area contributed by atoms with Crippen molar-refractivity contribution in [1.82, 2.24) is 15.4 Å². The predicted octanol–water partition coefficient (Wildman–Crippen LogP) is 2.10. The number of nitriles is 1. The Morgan fingerprint density at radius 3 is 2.17 bits per heavy atom. The van der Waals surface area contributed by atoms with Crippen LogP contribution in [0.4, 0.5) is 5.69 Å². The van der Waals surface area contributed by atoms with Crippen LogP contribution in [0.15, 0.2) is 48.5 Å². The van der Waals surface area contributed by atoms with E-state index < -0.39 is 0 Å². The van der Waals surface area contributed by atoms with Gasteiger partial charge in [-0.3, -0.25) is 0 Å². The first-order chi connectivity index (χ1) is 8.79. The van der Waals surface area contributed by atoms with Crippen molar-refractivity contribution in [2.24, 2.45) is 0 Å². The Labute approximate surface area is 104 Å². The summed E-state index contributed by atoms with van der Waals surface area (Å²) in [6, 6.07) is 16.6. The lowest BCUT2D eigenvalue weighted by Gasteiger charge is -1.89. The number of hydrogen-bond acceptors (Lipinski definition) is 4. The minimum Gasteiger partial charge on any atom is -0.399 e. The van der Waals surface area contributed by atoms with Crippen LogP contribution in [0.25, 0.3) is 11.0 Å². The molecule has 88 valence electrons. The SMILES string of the molecule is N#Cc1cccc(N)c1.c1ccc2n[nH]nc2c1. The van der Waals surface area contributed by atoms with Crippen molar-refractivity contribution in [1.29, 1.82) is 5.26 Å². The van der Waals surface area contributed by atoms with E-state index in [9.17, 15) is 0 Å². The van der Waals surface area contributed by atoms with Gasteiger partial charge >= 0.3 is 0 Å². The maximum Gasteiger partial charge on any atom is 0.112 e. The molecule has 5 nitrogen and oxygen atoms in total. The number of anilines is 1. The molecule has 0 saturated carbocycles. The second-order valence-corrected chi connectivity index (χ2v) is 3.55. The van der Waals surface area contributed by atoms with Gasteiger partial charge in [0.1, 0.15) is 11.0 Å². The quantitative estimate of drug-likeness (QED) is 0.586. The number of nitrogens with one attached hydrogen (secondary N) is 1. The largest absolute Gasteiger partial charge is 0.399 e. The van der Waals surface area contributed by atoms with Crippen LogP contribution in [0, 0.1) is 11.3 Å². The predicted molar refractivity (Wildman–Crippen MR) is 69.5 cm³/mol. The second kappa shape index (κ2) is 5.46. The Morgan fingerprint density at radius 1 is 1.00 bits per heavy atom. The maximum atomic E-state index is 8.36. The van der Waals surface area contributed by atoms with Gasteiger partial charge in [-0.05, 0) is 30.3 Å². The van der Waals surface area contributed by atoms with Gasteiger partial charge in [-0.25, -0.2) is 0 Å². The fourth-order valence-corrected chi connectivity index (χ4v) is 1.39. The van der Waals surface area contributed by atoms with Crippen molar-refractivity contribution in [2.75, 3.05) is 5.73 Å². The fourth-order valence-electron chi connectivity index (χ4n) is 1.39. The van der Waals surface area contributed by atoms with Gasteiger partial charge < -0.3 is 5.73 Å². The summed E-state index contributed by atoms with van der Waals surface area (Å²) in [5.41, 5.74) is 8.45. The summed E-state index contributed by atoms with van der Waals surface area (Å²) < 4.78 is 0. The minimum absolute atomic E-state index is 0.606. The van der Waals surface area contributed by atoms with Gasteiger partial charge in [0.05, 0.1) is 11.6 Å². The molecular formula is C13H11N5. The first-order valence-electron chi connectivity index (χ1n) is 5.31. The van der Waals surface area contributed by atoms with Gasteiger partial charge in [-0.1, -0.05) is 18.2 Å². The molecule has 3 aromatic rings. The molecule has 18 heavy (non-hydrogen) atoms. The molecule has 0 spiro atoms. The van der Waals surface area contributed by atoms with E-state index in [4.69, 9.17) is 11.0 Å². The summed E-state index contributed by atoms with van der Waals surface area (Å²) in [6.45, 7) is 0. The molecule has 0 radical (unpaired) electrons. The highest BCUT2D eigenvalue weighted by Crippen LogP contribution is 2.04. The Balaban J connectivity index is 0.000000134. The topological polar surface area (TPSA) is 91.4 Å². The average Bonchev–Trinajstić information content (AvgIpc) is 2.87. The summed E-state index contributed by atoms with van der Waals surface area (Å²) in [6.07, 6.45) is 0. The minimum atomic E-state index is 0.606. The molecule has 0 atom stereocenters. The lowest BCUT2D eigenvalue weighted by molar-refractivity contribution is 0.959. The van der Waals surface area contributed by atoms with Gasteiger partial charge in [0.15, 0.2) is 0 Å². The fraction of sp³-hybridized carbons (Fsp3) is 0. The summed E-state index contributed by atoms with van der Waals surface area (Å²) in [5, 5.41) is 18.7. The van der Waals surface area contributed by atoms with Crippen molar-refractivity contribution >= 4 is 16.7 Å². The molecule has 1 heterocycles. The highest BCUT2D eigenvalue weighted by molar-refractivity contribution is 5.72. The van der Waals surface area contributed by atoms with Crippen molar-refractivity contribution in [3.63, 3.8) is 0 Å². The molecule has 0 aliphatic rings. The number of aromatic amines is 1. The number of rotatable bonds is 0. The second-order valence-electron chi connectivity index (χ2n) is 3.55. The van der Waals surface area contributed by atoms with Crippen LogP contribution in [0.1, 0.15) is 5.56 Å². The van der Waals surface area contributed by atoms with Crippen molar-refractivity contribution in [3.8, 4) is 6.07 Å². The van der Waals surface area contributed by atoms with Crippen LogP contribution in [0.3, 0.4) is 0 Å². The number of fused-ring (bicyclic) bond motifs is 1. The number of para-hydroxylation sites is 2. The summed E-state index contributed by atoms with van der Waals surface area (Å²) in [4.78, 5) is 0. The Morgan fingerprint density at radius 2 is 1.67 bits per heavy atom. The molecule has 2 aromatic carbocycles. The highest BCUT2D eigenvalue weighted by atomic mass is 15.3. The van der Waals surface area contributed by atoms with Gasteiger partial charge in [0.25, 0.3) is 0 Å². The van der Waals surface area contributed by atoms with Crippen LogP contribution in [0.2, 0.25) is 0 Å². The van der Waals surface area contributed by atoms with E-state index in [0.29, 0.717) is 11.3 Å². The third kappa shape index (κ3) is 2.83. The summed E-state index contributed by atoms with van der Waals surface area (Å²) in [7, 11) is 0. The summed E-state index contributed by atoms with van der Waals surface area (Å²) >= 11 is 0. The normalized spacial score (nSPS) is 9.28. The van der Waals surface area contributed by atoms with Crippen LogP contribution in [-0.4, -0.2) is 15.4 Å². The van der Waals surface area contributed by atoms with Crippen molar-refractivity contribution in [3.05, 3.63) is 54.1 Å². The molecule has 3 rings (SSSR count). The molecule has 0 saturated heterocycles. The van der Waals surface area contributed by atoms with E-state index in [1.54, 1.807) is 24.3 Å². The molecule has 3 N–H and O–H groups in total. The van der Waals surface area contributed by atoms with E-state index in [2.05, 4.69) is 15.4 Å². The molecular weight excluding hydrogens is 226 g/mol. The van der Waals surface area contributed by atoms with E-state index in [0.717, 1.165) is 11.0 Å². The molecule has 0 aliphatic carbocycles. The molecule has 1 aromatic heterocycles. The number of nitrogens with two attached hydrogens (primary N) is 1. The monoisotopic (exact) mass is 237 g/mol. The first kappa shape index (κ1) is 11.6. The van der Waals surface area contributed by atoms with Gasteiger partial charge in [-0.2, -0.15) is 20.7 Å². The zero-order chi connectivity index (χ0) is 12.8. The van der Waals surface area contributed by atoms with Crippen LogP contribution >= 0.6 is 0 Å². The Hall–Kier alpha value is -2.87. The van der Waals surface area contributed by atoms with Crippen LogP contribution < -0.4 is 5.73 Å². The first-order valence-corrected chi connectivity index (χ1v) is 5.31. The van der Waals surface area contributed by atoms with E-state index in [1.165, 1.54) is 0 Å². The van der Waals surface area contributed by atoms with Crippen molar-refractivity contribution < 1.29 is 0 Å². The van der Waals surface area contributed by atoms with Gasteiger partial charge in [0.2, 0.25) is 0 Å². The summed E-state index contributed by atoms with van der Waals surface area (Å²) in [5.74, 6) is 0. The lowest BCUT2D eigenvalue weighted by atomic mass is 10.2. The number of benzene rings is 2. The Kier molecular flexibility index (Phi) is 3.52. The molecule has 0 amide bonds. The third-order valence-electron chi connectivity index (χ3n) is 2.24. The molecule has 0 bridgehead atoms. The molecule has 0 unspecified atom stereocenters. The smallest absolute Gasteiger partial charge is 0.112 e. The van der Waals surface area contributed by atoms with E-state index in [1.807, 2.05) is 30.3 Å².